The lowest BCUT2D eigenvalue weighted by Crippen LogP contribution is -2.14. The SMILES string of the molecule is CCc1ccc(S(=O)(=O)Nc2ccn(Cc3ccccc3F)n2)cc1. The second-order valence-corrected chi connectivity index (χ2v) is 7.28. The highest BCUT2D eigenvalue weighted by molar-refractivity contribution is 7.92. The molecule has 0 fully saturated rings. The average Bonchev–Trinajstić information content (AvgIpc) is 3.03. The normalized spacial score (nSPS) is 11.4. The van der Waals surface area contributed by atoms with E-state index in [4.69, 9.17) is 0 Å². The van der Waals surface area contributed by atoms with Crippen LogP contribution in [-0.2, 0) is 23.0 Å². The van der Waals surface area contributed by atoms with Crippen molar-refractivity contribution in [3.05, 3.63) is 77.7 Å². The summed E-state index contributed by atoms with van der Waals surface area (Å²) in [7, 11) is -3.71. The summed E-state index contributed by atoms with van der Waals surface area (Å²) >= 11 is 0. The first-order valence-corrected chi connectivity index (χ1v) is 9.35. The summed E-state index contributed by atoms with van der Waals surface area (Å²) in [5, 5.41) is 4.15. The number of rotatable bonds is 6. The van der Waals surface area contributed by atoms with Gasteiger partial charge in [-0.2, -0.15) is 5.10 Å². The summed E-state index contributed by atoms with van der Waals surface area (Å²) in [6.07, 6.45) is 2.44. The predicted molar refractivity (Wildman–Crippen MR) is 94.4 cm³/mol. The van der Waals surface area contributed by atoms with Gasteiger partial charge in [-0.15, -0.1) is 0 Å². The molecule has 7 heteroatoms. The molecule has 3 rings (SSSR count). The Hall–Kier alpha value is -2.67. The third kappa shape index (κ3) is 4.06. The zero-order valence-corrected chi connectivity index (χ0v) is 14.5. The van der Waals surface area contributed by atoms with Crippen LogP contribution in [0.4, 0.5) is 10.2 Å². The Bertz CT molecular complexity index is 966. The first-order valence-electron chi connectivity index (χ1n) is 7.86. The molecule has 1 aromatic heterocycles. The van der Waals surface area contributed by atoms with E-state index in [2.05, 4.69) is 9.82 Å². The highest BCUT2D eigenvalue weighted by Crippen LogP contribution is 2.16. The molecule has 25 heavy (non-hydrogen) atoms. The molecule has 0 amide bonds. The minimum atomic E-state index is -3.71. The summed E-state index contributed by atoms with van der Waals surface area (Å²) in [4.78, 5) is 0.174. The van der Waals surface area contributed by atoms with E-state index in [9.17, 15) is 12.8 Å². The van der Waals surface area contributed by atoms with Gasteiger partial charge in [-0.3, -0.25) is 9.40 Å². The minimum Gasteiger partial charge on any atom is -0.266 e. The van der Waals surface area contributed by atoms with Gasteiger partial charge in [0, 0.05) is 17.8 Å². The van der Waals surface area contributed by atoms with Crippen LogP contribution >= 0.6 is 0 Å². The molecule has 0 aliphatic carbocycles. The van der Waals surface area contributed by atoms with E-state index in [0.29, 0.717) is 5.56 Å². The fraction of sp³-hybridized carbons (Fsp3) is 0.167. The number of nitrogens with zero attached hydrogens (tertiary/aromatic N) is 2. The molecule has 2 aromatic carbocycles. The second-order valence-electron chi connectivity index (χ2n) is 5.59. The van der Waals surface area contributed by atoms with E-state index >= 15 is 0 Å². The number of aryl methyl sites for hydroxylation is 1. The van der Waals surface area contributed by atoms with Crippen molar-refractivity contribution >= 4 is 15.8 Å². The maximum atomic E-state index is 13.7. The zero-order chi connectivity index (χ0) is 17.9. The number of anilines is 1. The molecule has 0 spiro atoms. The Morgan fingerprint density at radius 1 is 1.08 bits per heavy atom. The van der Waals surface area contributed by atoms with Crippen LogP contribution < -0.4 is 4.72 Å². The molecule has 5 nitrogen and oxygen atoms in total. The molecule has 0 saturated heterocycles. The van der Waals surface area contributed by atoms with Crippen molar-refractivity contribution in [3.8, 4) is 0 Å². The maximum absolute atomic E-state index is 13.7. The molecule has 1 heterocycles. The van der Waals surface area contributed by atoms with Crippen molar-refractivity contribution in [2.24, 2.45) is 0 Å². The Kier molecular flexibility index (Phi) is 4.85. The van der Waals surface area contributed by atoms with Crippen LogP contribution in [0.25, 0.3) is 0 Å². The molecule has 0 radical (unpaired) electrons. The number of hydrogen-bond acceptors (Lipinski definition) is 3. The van der Waals surface area contributed by atoms with Gasteiger partial charge in [0.15, 0.2) is 5.82 Å². The maximum Gasteiger partial charge on any atom is 0.263 e. The van der Waals surface area contributed by atoms with Crippen molar-refractivity contribution in [1.29, 1.82) is 0 Å². The van der Waals surface area contributed by atoms with Gasteiger partial charge in [-0.1, -0.05) is 37.3 Å². The first-order chi connectivity index (χ1) is 12.0. The summed E-state index contributed by atoms with van der Waals surface area (Å²) in [6, 6.07) is 14.6. The number of halogens is 1. The van der Waals surface area contributed by atoms with Crippen LogP contribution in [0.15, 0.2) is 65.7 Å². The van der Waals surface area contributed by atoms with Crippen molar-refractivity contribution in [2.75, 3.05) is 4.72 Å². The summed E-state index contributed by atoms with van der Waals surface area (Å²) in [6.45, 7) is 2.23. The van der Waals surface area contributed by atoms with Gasteiger partial charge in [0.25, 0.3) is 10.0 Å². The number of hydrogen-bond donors (Lipinski definition) is 1. The van der Waals surface area contributed by atoms with E-state index in [0.717, 1.165) is 12.0 Å². The Balaban J connectivity index is 1.75. The number of aromatic nitrogens is 2. The molecule has 0 aliphatic heterocycles. The topological polar surface area (TPSA) is 64.0 Å². The molecular formula is C18H18FN3O2S. The van der Waals surface area contributed by atoms with Gasteiger partial charge in [-0.05, 0) is 30.2 Å². The summed E-state index contributed by atoms with van der Waals surface area (Å²) in [5.74, 6) is -0.132. The van der Waals surface area contributed by atoms with Crippen molar-refractivity contribution < 1.29 is 12.8 Å². The molecule has 3 aromatic rings. The average molecular weight is 359 g/mol. The predicted octanol–water partition coefficient (Wildman–Crippen LogP) is 3.43. The highest BCUT2D eigenvalue weighted by atomic mass is 32.2. The Morgan fingerprint density at radius 3 is 2.48 bits per heavy atom. The van der Waals surface area contributed by atoms with Crippen molar-refractivity contribution in [3.63, 3.8) is 0 Å². The monoisotopic (exact) mass is 359 g/mol. The second kappa shape index (κ2) is 7.06. The standard InChI is InChI=1S/C18H18FN3O2S/c1-2-14-7-9-16(10-8-14)25(23,24)21-18-11-12-22(20-18)13-15-5-3-4-6-17(15)19/h3-12H,2,13H2,1H3,(H,20,21). The zero-order valence-electron chi connectivity index (χ0n) is 13.7. The minimum absolute atomic E-state index is 0.174. The summed E-state index contributed by atoms with van der Waals surface area (Å²) < 4.78 is 42.4. The molecule has 0 unspecified atom stereocenters. The molecule has 0 bridgehead atoms. The van der Waals surface area contributed by atoms with Crippen LogP contribution in [0.3, 0.4) is 0 Å². The van der Waals surface area contributed by atoms with Crippen LogP contribution in [-0.4, -0.2) is 18.2 Å². The number of benzene rings is 2. The van der Waals surface area contributed by atoms with Gasteiger partial charge >= 0.3 is 0 Å². The lowest BCUT2D eigenvalue weighted by molar-refractivity contribution is 0.585. The third-order valence-corrected chi connectivity index (χ3v) is 5.18. The van der Waals surface area contributed by atoms with Crippen molar-refractivity contribution in [2.45, 2.75) is 24.8 Å². The molecule has 130 valence electrons. The Labute approximate surface area is 146 Å². The van der Waals surface area contributed by atoms with Gasteiger partial charge in [0.2, 0.25) is 0 Å². The fourth-order valence-corrected chi connectivity index (χ4v) is 3.40. The van der Waals surface area contributed by atoms with E-state index in [1.54, 1.807) is 54.7 Å². The van der Waals surface area contributed by atoms with Gasteiger partial charge < -0.3 is 0 Å². The van der Waals surface area contributed by atoms with Crippen LogP contribution in [0, 0.1) is 5.82 Å². The number of sulfonamides is 1. The Morgan fingerprint density at radius 2 is 1.80 bits per heavy atom. The van der Waals surface area contributed by atoms with Crippen LogP contribution in [0.1, 0.15) is 18.1 Å². The largest absolute Gasteiger partial charge is 0.266 e. The molecule has 0 aliphatic rings. The van der Waals surface area contributed by atoms with Crippen LogP contribution in [0.2, 0.25) is 0 Å². The van der Waals surface area contributed by atoms with Crippen molar-refractivity contribution in [1.82, 2.24) is 9.78 Å². The quantitative estimate of drug-likeness (QED) is 0.733. The molecular weight excluding hydrogens is 341 g/mol. The van der Waals surface area contributed by atoms with E-state index in [1.807, 2.05) is 6.92 Å². The molecule has 0 atom stereocenters. The third-order valence-electron chi connectivity index (χ3n) is 3.81. The van der Waals surface area contributed by atoms with Gasteiger partial charge in [0.1, 0.15) is 5.82 Å². The van der Waals surface area contributed by atoms with E-state index in [1.165, 1.54) is 10.7 Å². The van der Waals surface area contributed by atoms with E-state index < -0.39 is 10.0 Å². The molecule has 0 saturated carbocycles. The first kappa shape index (κ1) is 17.2. The highest BCUT2D eigenvalue weighted by Gasteiger charge is 2.15. The van der Waals surface area contributed by atoms with Gasteiger partial charge in [0.05, 0.1) is 11.4 Å². The van der Waals surface area contributed by atoms with E-state index in [-0.39, 0.29) is 23.1 Å². The number of nitrogens with one attached hydrogen (secondary N) is 1. The lowest BCUT2D eigenvalue weighted by Gasteiger charge is -2.06. The molecule has 1 N–H and O–H groups in total. The fourth-order valence-electron chi connectivity index (χ4n) is 2.41. The lowest BCUT2D eigenvalue weighted by atomic mass is 10.2. The van der Waals surface area contributed by atoms with Gasteiger partial charge in [-0.25, -0.2) is 12.8 Å². The summed E-state index contributed by atoms with van der Waals surface area (Å²) in [5.41, 5.74) is 1.54. The smallest absolute Gasteiger partial charge is 0.263 e. The van der Waals surface area contributed by atoms with Crippen LogP contribution in [0.5, 0.6) is 0 Å².